The summed E-state index contributed by atoms with van der Waals surface area (Å²) in [5, 5.41) is 0. The first-order chi connectivity index (χ1) is 10.0. The number of rotatable bonds is 3. The molecule has 2 atom stereocenters. The molecule has 1 aliphatic carbocycles. The topological polar surface area (TPSA) is 54.5 Å². The van der Waals surface area contributed by atoms with E-state index < -0.39 is 15.8 Å². The number of nitrogens with zero attached hydrogens (tertiary/aromatic N) is 1. The summed E-state index contributed by atoms with van der Waals surface area (Å²) >= 11 is 0. The average molecular weight is 311 g/mol. The minimum absolute atomic E-state index is 0.149. The van der Waals surface area contributed by atoms with Gasteiger partial charge in [0.15, 0.2) is 0 Å². The standard InChI is InChI=1S/C15H18FNO3S/c16-12-6-1-2-9-15(12)21(19,20)17-10-4-7-13(17)11-5-3-8-14(11)18/h1-2,6,9,11,13H,3-5,7-8,10H2. The van der Waals surface area contributed by atoms with Crippen molar-refractivity contribution in [1.82, 2.24) is 4.31 Å². The Bertz CT molecular complexity index is 659. The third-order valence-corrected chi connectivity index (χ3v) is 6.45. The third kappa shape index (κ3) is 2.51. The largest absolute Gasteiger partial charge is 0.299 e. The molecular formula is C15H18FNO3S. The van der Waals surface area contributed by atoms with E-state index in [0.717, 1.165) is 25.3 Å². The summed E-state index contributed by atoms with van der Waals surface area (Å²) < 4.78 is 40.6. The van der Waals surface area contributed by atoms with Crippen molar-refractivity contribution >= 4 is 15.8 Å². The van der Waals surface area contributed by atoms with Crippen molar-refractivity contribution in [3.05, 3.63) is 30.1 Å². The normalized spacial score (nSPS) is 27.4. The maximum atomic E-state index is 13.8. The monoisotopic (exact) mass is 311 g/mol. The van der Waals surface area contributed by atoms with Gasteiger partial charge in [-0.05, 0) is 37.8 Å². The highest BCUT2D eigenvalue weighted by atomic mass is 32.2. The minimum Gasteiger partial charge on any atom is -0.299 e. The summed E-state index contributed by atoms with van der Waals surface area (Å²) in [5.74, 6) is -0.800. The van der Waals surface area contributed by atoms with Gasteiger partial charge in [0, 0.05) is 24.9 Å². The lowest BCUT2D eigenvalue weighted by Crippen LogP contribution is -2.41. The van der Waals surface area contributed by atoms with Crippen molar-refractivity contribution in [3.63, 3.8) is 0 Å². The zero-order chi connectivity index (χ0) is 15.0. The zero-order valence-corrected chi connectivity index (χ0v) is 12.5. The number of halogens is 1. The van der Waals surface area contributed by atoms with Crippen molar-refractivity contribution < 1.29 is 17.6 Å². The molecule has 21 heavy (non-hydrogen) atoms. The molecular weight excluding hydrogens is 293 g/mol. The average Bonchev–Trinajstić information content (AvgIpc) is 3.07. The fourth-order valence-electron chi connectivity index (χ4n) is 3.50. The Kier molecular flexibility index (Phi) is 3.84. The highest BCUT2D eigenvalue weighted by molar-refractivity contribution is 7.89. The second kappa shape index (κ2) is 5.50. The van der Waals surface area contributed by atoms with Crippen LogP contribution in [0.15, 0.2) is 29.2 Å². The molecule has 0 bridgehead atoms. The summed E-state index contributed by atoms with van der Waals surface area (Å²) in [6.45, 7) is 0.366. The van der Waals surface area contributed by atoms with Gasteiger partial charge >= 0.3 is 0 Å². The van der Waals surface area contributed by atoms with E-state index in [0.29, 0.717) is 19.4 Å². The highest BCUT2D eigenvalue weighted by Crippen LogP contribution is 2.36. The predicted molar refractivity (Wildman–Crippen MR) is 75.7 cm³/mol. The molecule has 1 aromatic carbocycles. The molecule has 2 aliphatic rings. The lowest BCUT2D eigenvalue weighted by atomic mass is 9.96. The Morgan fingerprint density at radius 1 is 1.14 bits per heavy atom. The molecule has 1 heterocycles. The summed E-state index contributed by atoms with van der Waals surface area (Å²) in [6.07, 6.45) is 3.52. The van der Waals surface area contributed by atoms with Crippen LogP contribution in [0.25, 0.3) is 0 Å². The van der Waals surface area contributed by atoms with E-state index in [2.05, 4.69) is 0 Å². The van der Waals surface area contributed by atoms with Crippen LogP contribution in [0.4, 0.5) is 4.39 Å². The van der Waals surface area contributed by atoms with Gasteiger partial charge in [-0.2, -0.15) is 4.31 Å². The van der Waals surface area contributed by atoms with Gasteiger partial charge in [-0.3, -0.25) is 4.79 Å². The van der Waals surface area contributed by atoms with Gasteiger partial charge in [0.1, 0.15) is 16.5 Å². The zero-order valence-electron chi connectivity index (χ0n) is 11.7. The summed E-state index contributed by atoms with van der Waals surface area (Å²) in [7, 11) is -3.87. The van der Waals surface area contributed by atoms with Crippen molar-refractivity contribution in [2.45, 2.75) is 43.0 Å². The fourth-order valence-corrected chi connectivity index (χ4v) is 5.29. The van der Waals surface area contributed by atoms with Crippen LogP contribution < -0.4 is 0 Å². The van der Waals surface area contributed by atoms with E-state index in [9.17, 15) is 17.6 Å². The molecule has 1 aromatic rings. The van der Waals surface area contributed by atoms with Crippen molar-refractivity contribution in [2.75, 3.05) is 6.54 Å². The van der Waals surface area contributed by atoms with Gasteiger partial charge in [0.05, 0.1) is 0 Å². The van der Waals surface area contributed by atoms with Crippen LogP contribution in [0.5, 0.6) is 0 Å². The Morgan fingerprint density at radius 2 is 1.90 bits per heavy atom. The number of ketones is 1. The van der Waals surface area contributed by atoms with Gasteiger partial charge in [-0.25, -0.2) is 12.8 Å². The quantitative estimate of drug-likeness (QED) is 0.861. The Balaban J connectivity index is 1.95. The Morgan fingerprint density at radius 3 is 2.57 bits per heavy atom. The number of hydrogen-bond acceptors (Lipinski definition) is 3. The van der Waals surface area contributed by atoms with E-state index in [-0.39, 0.29) is 22.6 Å². The van der Waals surface area contributed by atoms with Gasteiger partial charge < -0.3 is 0 Å². The van der Waals surface area contributed by atoms with Crippen molar-refractivity contribution in [1.29, 1.82) is 0 Å². The summed E-state index contributed by atoms with van der Waals surface area (Å²) in [6, 6.07) is 5.12. The number of benzene rings is 1. The highest BCUT2D eigenvalue weighted by Gasteiger charge is 2.43. The van der Waals surface area contributed by atoms with Crippen LogP contribution in [0, 0.1) is 11.7 Å². The molecule has 1 aliphatic heterocycles. The smallest absolute Gasteiger partial charge is 0.246 e. The Hall–Kier alpha value is -1.27. The van der Waals surface area contributed by atoms with Crippen LogP contribution in [0.1, 0.15) is 32.1 Å². The fraction of sp³-hybridized carbons (Fsp3) is 0.533. The van der Waals surface area contributed by atoms with Crippen LogP contribution in [-0.4, -0.2) is 31.1 Å². The maximum Gasteiger partial charge on any atom is 0.246 e. The molecule has 1 saturated heterocycles. The lowest BCUT2D eigenvalue weighted by Gasteiger charge is -2.28. The number of hydrogen-bond donors (Lipinski definition) is 0. The number of carbonyl (C=O) groups is 1. The SMILES string of the molecule is O=C1CCCC1C1CCCN1S(=O)(=O)c1ccccc1F. The number of sulfonamides is 1. The van der Waals surface area contributed by atoms with Crippen molar-refractivity contribution in [2.24, 2.45) is 5.92 Å². The molecule has 4 nitrogen and oxygen atoms in total. The van der Waals surface area contributed by atoms with E-state index in [1.807, 2.05) is 0 Å². The number of carbonyl (C=O) groups excluding carboxylic acids is 1. The van der Waals surface area contributed by atoms with E-state index in [1.54, 1.807) is 0 Å². The molecule has 0 radical (unpaired) electrons. The molecule has 0 N–H and O–H groups in total. The second-order valence-electron chi connectivity index (χ2n) is 5.72. The molecule has 3 rings (SSSR count). The molecule has 2 unspecified atom stereocenters. The van der Waals surface area contributed by atoms with E-state index >= 15 is 0 Å². The van der Waals surface area contributed by atoms with Gasteiger partial charge in [-0.1, -0.05) is 12.1 Å². The van der Waals surface area contributed by atoms with E-state index in [4.69, 9.17) is 0 Å². The molecule has 0 amide bonds. The van der Waals surface area contributed by atoms with Crippen molar-refractivity contribution in [3.8, 4) is 0 Å². The summed E-state index contributed by atoms with van der Waals surface area (Å²) in [4.78, 5) is 11.7. The molecule has 0 spiro atoms. The molecule has 2 fully saturated rings. The predicted octanol–water partition coefficient (Wildman–Crippen LogP) is 2.35. The van der Waals surface area contributed by atoms with Crippen LogP contribution in [0.2, 0.25) is 0 Å². The first kappa shape index (κ1) is 14.7. The molecule has 0 aromatic heterocycles. The first-order valence-electron chi connectivity index (χ1n) is 7.31. The first-order valence-corrected chi connectivity index (χ1v) is 8.75. The van der Waals surface area contributed by atoms with Gasteiger partial charge in [0.25, 0.3) is 0 Å². The Labute approximate surface area is 124 Å². The molecule has 6 heteroatoms. The van der Waals surface area contributed by atoms with Crippen LogP contribution in [0.3, 0.4) is 0 Å². The summed E-state index contributed by atoms with van der Waals surface area (Å²) in [5.41, 5.74) is 0. The van der Waals surface area contributed by atoms with Crippen LogP contribution >= 0.6 is 0 Å². The lowest BCUT2D eigenvalue weighted by molar-refractivity contribution is -0.121. The number of Topliss-reactive ketones (excluding diaryl/α,β-unsaturated/α-hetero) is 1. The van der Waals surface area contributed by atoms with Gasteiger partial charge in [-0.15, -0.1) is 0 Å². The van der Waals surface area contributed by atoms with Gasteiger partial charge in [0.2, 0.25) is 10.0 Å². The van der Waals surface area contributed by atoms with Crippen LogP contribution in [-0.2, 0) is 14.8 Å². The maximum absolute atomic E-state index is 13.8. The minimum atomic E-state index is -3.87. The van der Waals surface area contributed by atoms with E-state index in [1.165, 1.54) is 22.5 Å². The molecule has 114 valence electrons. The second-order valence-corrected chi connectivity index (χ2v) is 7.58. The molecule has 1 saturated carbocycles. The third-order valence-electron chi connectivity index (χ3n) is 4.49.